The van der Waals surface area contributed by atoms with Crippen molar-refractivity contribution in [2.45, 2.75) is 57.5 Å². The van der Waals surface area contributed by atoms with E-state index in [2.05, 4.69) is 5.32 Å². The highest BCUT2D eigenvalue weighted by molar-refractivity contribution is 5.27. The molecule has 142 valence electrons. The highest BCUT2D eigenvalue weighted by Gasteiger charge is 2.30. The van der Waals surface area contributed by atoms with Crippen LogP contribution in [0.5, 0.6) is 0 Å². The van der Waals surface area contributed by atoms with Crippen molar-refractivity contribution in [1.29, 1.82) is 0 Å². The minimum absolute atomic E-state index is 0.301. The molecular formula is C20H30F3NO. The Morgan fingerprint density at radius 2 is 1.80 bits per heavy atom. The Morgan fingerprint density at radius 3 is 2.32 bits per heavy atom. The molecule has 2 unspecified atom stereocenters. The van der Waals surface area contributed by atoms with Crippen LogP contribution in [0.3, 0.4) is 0 Å². The summed E-state index contributed by atoms with van der Waals surface area (Å²) in [4.78, 5) is 0. The van der Waals surface area contributed by atoms with Crippen LogP contribution in [0.15, 0.2) is 36.1 Å². The number of aliphatic hydroxyl groups is 1. The summed E-state index contributed by atoms with van der Waals surface area (Å²) >= 11 is 0. The largest absolute Gasteiger partial charge is 0.513 e. The highest BCUT2D eigenvalue weighted by atomic mass is 19.4. The predicted molar refractivity (Wildman–Crippen MR) is 96.7 cm³/mol. The molecule has 0 saturated heterocycles. The average Bonchev–Trinajstić information content (AvgIpc) is 2.55. The average molecular weight is 357 g/mol. The van der Waals surface area contributed by atoms with Gasteiger partial charge in [-0.3, -0.25) is 0 Å². The summed E-state index contributed by atoms with van der Waals surface area (Å²) in [6.07, 6.45) is 3.17. The van der Waals surface area contributed by atoms with Gasteiger partial charge in [-0.15, -0.1) is 0 Å². The van der Waals surface area contributed by atoms with Crippen LogP contribution in [0.4, 0.5) is 13.2 Å². The molecule has 2 N–H and O–H groups in total. The normalized spacial score (nSPS) is 21.4. The molecule has 2 atom stereocenters. The standard InChI is InChI=1S/C18H23F3O.C2H7N/c1-2-4-17(22)12-13-5-3-6-15(11-13)14-7-9-16(10-8-14)18(19,20)21;1-3-2/h4,7-10,13,15,22H,2-3,5-6,11-12H2,1H3;3H,1-2H3/b17-4+;. The number of hydrogen-bond donors (Lipinski definition) is 2. The minimum atomic E-state index is -4.27. The summed E-state index contributed by atoms with van der Waals surface area (Å²) in [6, 6.07) is 5.57. The van der Waals surface area contributed by atoms with E-state index in [0.717, 1.165) is 37.7 Å². The fraction of sp³-hybridized carbons (Fsp3) is 0.600. The third-order valence-electron chi connectivity index (χ3n) is 4.43. The molecule has 0 radical (unpaired) electrons. The number of rotatable bonds is 4. The summed E-state index contributed by atoms with van der Waals surface area (Å²) < 4.78 is 37.8. The lowest BCUT2D eigenvalue weighted by Crippen LogP contribution is -2.15. The second-order valence-electron chi connectivity index (χ2n) is 6.66. The van der Waals surface area contributed by atoms with E-state index in [1.54, 1.807) is 12.1 Å². The van der Waals surface area contributed by atoms with Gasteiger partial charge < -0.3 is 10.4 Å². The fourth-order valence-corrected chi connectivity index (χ4v) is 3.34. The molecule has 1 saturated carbocycles. The first-order valence-electron chi connectivity index (χ1n) is 8.95. The number of alkyl halides is 3. The van der Waals surface area contributed by atoms with Crippen LogP contribution in [0.25, 0.3) is 0 Å². The molecule has 0 aromatic heterocycles. The molecule has 1 aliphatic rings. The van der Waals surface area contributed by atoms with Crippen molar-refractivity contribution in [3.05, 3.63) is 47.2 Å². The topological polar surface area (TPSA) is 32.3 Å². The van der Waals surface area contributed by atoms with E-state index >= 15 is 0 Å². The van der Waals surface area contributed by atoms with Crippen LogP contribution >= 0.6 is 0 Å². The fourth-order valence-electron chi connectivity index (χ4n) is 3.34. The first kappa shape index (κ1) is 21.6. The summed E-state index contributed by atoms with van der Waals surface area (Å²) in [5.74, 6) is 1.17. The Labute approximate surface area is 149 Å². The van der Waals surface area contributed by atoms with Crippen molar-refractivity contribution in [2.75, 3.05) is 14.1 Å². The highest BCUT2D eigenvalue weighted by Crippen LogP contribution is 2.39. The molecule has 2 nitrogen and oxygen atoms in total. The van der Waals surface area contributed by atoms with Gasteiger partial charge in [0, 0.05) is 6.42 Å². The molecule has 25 heavy (non-hydrogen) atoms. The molecule has 1 aromatic carbocycles. The third-order valence-corrected chi connectivity index (χ3v) is 4.43. The smallest absolute Gasteiger partial charge is 0.416 e. The molecular weight excluding hydrogens is 327 g/mol. The number of aliphatic hydroxyl groups excluding tert-OH is 1. The summed E-state index contributed by atoms with van der Waals surface area (Å²) in [5, 5.41) is 12.6. The van der Waals surface area contributed by atoms with Crippen molar-refractivity contribution in [2.24, 2.45) is 5.92 Å². The lowest BCUT2D eigenvalue weighted by atomic mass is 9.76. The molecule has 1 aromatic rings. The van der Waals surface area contributed by atoms with Crippen molar-refractivity contribution in [3.8, 4) is 0 Å². The Bertz CT molecular complexity index is 523. The Hall–Kier alpha value is -1.49. The Balaban J connectivity index is 0.000000970. The number of allylic oxidation sites excluding steroid dienone is 2. The van der Waals surface area contributed by atoms with Crippen LogP contribution < -0.4 is 5.32 Å². The van der Waals surface area contributed by atoms with Crippen molar-refractivity contribution in [1.82, 2.24) is 5.32 Å². The van der Waals surface area contributed by atoms with E-state index in [0.29, 0.717) is 24.0 Å². The summed E-state index contributed by atoms with van der Waals surface area (Å²) in [5.41, 5.74) is 0.392. The van der Waals surface area contributed by atoms with Gasteiger partial charge in [-0.1, -0.05) is 25.5 Å². The van der Waals surface area contributed by atoms with E-state index in [1.807, 2.05) is 27.1 Å². The SMILES string of the molecule is CC/C=C(/O)CC1CCCC(c2ccc(C(F)(F)F)cc2)C1.CNC. The van der Waals surface area contributed by atoms with Crippen molar-refractivity contribution in [3.63, 3.8) is 0 Å². The molecule has 0 spiro atoms. The second kappa shape index (κ2) is 10.5. The zero-order valence-electron chi connectivity index (χ0n) is 15.4. The van der Waals surface area contributed by atoms with Gasteiger partial charge in [0.15, 0.2) is 0 Å². The van der Waals surface area contributed by atoms with Gasteiger partial charge in [0.05, 0.1) is 11.3 Å². The Morgan fingerprint density at radius 1 is 1.20 bits per heavy atom. The van der Waals surface area contributed by atoms with E-state index < -0.39 is 11.7 Å². The van der Waals surface area contributed by atoms with Gasteiger partial charge in [0.25, 0.3) is 0 Å². The van der Waals surface area contributed by atoms with Gasteiger partial charge in [-0.05, 0) is 75.4 Å². The molecule has 0 bridgehead atoms. The molecule has 0 amide bonds. The summed E-state index contributed by atoms with van der Waals surface area (Å²) in [7, 11) is 3.75. The lowest BCUT2D eigenvalue weighted by Gasteiger charge is -2.29. The molecule has 1 fully saturated rings. The van der Waals surface area contributed by atoms with Crippen molar-refractivity contribution >= 4 is 0 Å². The maximum Gasteiger partial charge on any atom is 0.416 e. The van der Waals surface area contributed by atoms with Gasteiger partial charge in [-0.25, -0.2) is 0 Å². The van der Waals surface area contributed by atoms with Crippen LogP contribution in [0.1, 0.15) is 62.5 Å². The number of halogens is 3. The second-order valence-corrected chi connectivity index (χ2v) is 6.66. The quantitative estimate of drug-likeness (QED) is 0.642. The number of nitrogens with one attached hydrogen (secondary N) is 1. The van der Waals surface area contributed by atoms with Gasteiger partial charge >= 0.3 is 6.18 Å². The monoisotopic (exact) mass is 357 g/mol. The predicted octanol–water partition coefficient (Wildman–Crippen LogP) is 6.06. The molecule has 5 heteroatoms. The van der Waals surface area contributed by atoms with Crippen LogP contribution in [-0.2, 0) is 6.18 Å². The van der Waals surface area contributed by atoms with Gasteiger partial charge in [0.1, 0.15) is 0 Å². The molecule has 0 heterocycles. The van der Waals surface area contributed by atoms with Crippen LogP contribution in [0.2, 0.25) is 0 Å². The van der Waals surface area contributed by atoms with Gasteiger partial charge in [-0.2, -0.15) is 13.2 Å². The minimum Gasteiger partial charge on any atom is -0.513 e. The van der Waals surface area contributed by atoms with Crippen molar-refractivity contribution < 1.29 is 18.3 Å². The number of benzene rings is 1. The maximum absolute atomic E-state index is 12.6. The first-order chi connectivity index (χ1) is 11.8. The number of hydrogen-bond acceptors (Lipinski definition) is 2. The zero-order valence-corrected chi connectivity index (χ0v) is 15.4. The van der Waals surface area contributed by atoms with Gasteiger partial charge in [0.2, 0.25) is 0 Å². The third kappa shape index (κ3) is 7.51. The first-order valence-corrected chi connectivity index (χ1v) is 8.95. The van der Waals surface area contributed by atoms with E-state index in [9.17, 15) is 18.3 Å². The maximum atomic E-state index is 12.6. The van der Waals surface area contributed by atoms with E-state index in [-0.39, 0.29) is 0 Å². The van der Waals surface area contributed by atoms with E-state index in [1.165, 1.54) is 12.1 Å². The molecule has 1 aliphatic carbocycles. The summed E-state index contributed by atoms with van der Waals surface area (Å²) in [6.45, 7) is 1.99. The zero-order chi connectivity index (χ0) is 18.9. The van der Waals surface area contributed by atoms with Crippen LogP contribution in [0, 0.1) is 5.92 Å². The lowest BCUT2D eigenvalue weighted by molar-refractivity contribution is -0.137. The van der Waals surface area contributed by atoms with E-state index in [4.69, 9.17) is 0 Å². The van der Waals surface area contributed by atoms with Crippen LogP contribution in [-0.4, -0.2) is 19.2 Å². The molecule has 2 rings (SSSR count). The Kier molecular flexibility index (Phi) is 9.04. The molecule has 0 aliphatic heterocycles.